The maximum absolute atomic E-state index is 5.35. The molecule has 4 heteroatoms. The molecular formula is C9H20N2OS. The lowest BCUT2D eigenvalue weighted by molar-refractivity contribution is 0.0794. The summed E-state index contributed by atoms with van der Waals surface area (Å²) in [6.07, 6.45) is 1.30. The summed E-state index contributed by atoms with van der Waals surface area (Å²) in [6.45, 7) is 8.57. The van der Waals surface area contributed by atoms with Gasteiger partial charge in [0.1, 0.15) is 0 Å². The lowest BCUT2D eigenvalue weighted by atomic mass is 10.4. The summed E-state index contributed by atoms with van der Waals surface area (Å²) >= 11 is 5.04. The molecule has 0 aliphatic heterocycles. The highest BCUT2D eigenvalue weighted by Crippen LogP contribution is 1.86. The van der Waals surface area contributed by atoms with Crippen LogP contribution in [0.25, 0.3) is 0 Å². The van der Waals surface area contributed by atoms with Gasteiger partial charge in [-0.1, -0.05) is 6.92 Å². The molecule has 0 aliphatic rings. The number of rotatable bonds is 6. The summed E-state index contributed by atoms with van der Waals surface area (Å²) in [6, 6.07) is 0. The van der Waals surface area contributed by atoms with Gasteiger partial charge in [0.15, 0.2) is 5.11 Å². The Morgan fingerprint density at radius 3 is 2.62 bits per heavy atom. The molecular weight excluding hydrogens is 184 g/mol. The smallest absolute Gasteiger partial charge is 0.166 e. The van der Waals surface area contributed by atoms with Crippen LogP contribution in [0.5, 0.6) is 0 Å². The van der Waals surface area contributed by atoms with Crippen molar-refractivity contribution in [3.63, 3.8) is 0 Å². The Morgan fingerprint density at radius 1 is 1.38 bits per heavy atom. The minimum Gasteiger partial charge on any atom is -0.377 e. The van der Waals surface area contributed by atoms with E-state index in [9.17, 15) is 0 Å². The van der Waals surface area contributed by atoms with Crippen LogP contribution >= 0.6 is 12.2 Å². The molecule has 1 unspecified atom stereocenters. The molecule has 0 saturated heterocycles. The molecule has 0 aromatic heterocycles. The first kappa shape index (κ1) is 12.7. The van der Waals surface area contributed by atoms with E-state index in [4.69, 9.17) is 17.0 Å². The molecule has 0 rings (SSSR count). The first-order valence-electron chi connectivity index (χ1n) is 4.84. The molecule has 3 nitrogen and oxygen atoms in total. The molecule has 0 aliphatic carbocycles. The number of hydrogen-bond donors (Lipinski definition) is 2. The highest BCUT2D eigenvalue weighted by molar-refractivity contribution is 7.80. The lowest BCUT2D eigenvalue weighted by Crippen LogP contribution is -2.39. The Bertz CT molecular complexity index is 142. The van der Waals surface area contributed by atoms with Crippen molar-refractivity contribution in [2.24, 2.45) is 0 Å². The van der Waals surface area contributed by atoms with E-state index in [1.54, 1.807) is 0 Å². The van der Waals surface area contributed by atoms with Gasteiger partial charge in [0.25, 0.3) is 0 Å². The SMILES string of the molecule is CCCNC(=S)NCC(C)OCC. The van der Waals surface area contributed by atoms with Crippen LogP contribution in [0.4, 0.5) is 0 Å². The average molecular weight is 204 g/mol. The maximum atomic E-state index is 5.35. The van der Waals surface area contributed by atoms with Gasteiger partial charge in [-0.2, -0.15) is 0 Å². The molecule has 2 N–H and O–H groups in total. The zero-order chi connectivity index (χ0) is 10.1. The normalized spacial score (nSPS) is 12.2. The van der Waals surface area contributed by atoms with Crippen molar-refractivity contribution >= 4 is 17.3 Å². The zero-order valence-corrected chi connectivity index (χ0v) is 9.54. The van der Waals surface area contributed by atoms with Gasteiger partial charge in [0, 0.05) is 19.7 Å². The van der Waals surface area contributed by atoms with Crippen LogP contribution in [0.15, 0.2) is 0 Å². The Balaban J connectivity index is 3.34. The van der Waals surface area contributed by atoms with Crippen LogP contribution < -0.4 is 10.6 Å². The monoisotopic (exact) mass is 204 g/mol. The molecule has 0 aromatic rings. The zero-order valence-electron chi connectivity index (χ0n) is 8.72. The minimum atomic E-state index is 0.214. The molecule has 13 heavy (non-hydrogen) atoms. The second kappa shape index (κ2) is 8.26. The van der Waals surface area contributed by atoms with Crippen LogP contribution in [0, 0.1) is 0 Å². The van der Waals surface area contributed by atoms with E-state index in [0.29, 0.717) is 5.11 Å². The van der Waals surface area contributed by atoms with E-state index in [0.717, 1.165) is 26.1 Å². The van der Waals surface area contributed by atoms with Gasteiger partial charge in [0.05, 0.1) is 6.10 Å². The summed E-state index contributed by atoms with van der Waals surface area (Å²) in [4.78, 5) is 0. The fourth-order valence-electron chi connectivity index (χ4n) is 0.881. The van der Waals surface area contributed by atoms with Gasteiger partial charge in [-0.05, 0) is 32.5 Å². The molecule has 0 bridgehead atoms. The molecule has 0 aromatic carbocycles. The molecule has 1 atom stereocenters. The van der Waals surface area contributed by atoms with Crippen LogP contribution in [-0.4, -0.2) is 30.9 Å². The van der Waals surface area contributed by atoms with E-state index < -0.39 is 0 Å². The van der Waals surface area contributed by atoms with Crippen LogP contribution in [0.1, 0.15) is 27.2 Å². The second-order valence-corrected chi connectivity index (χ2v) is 3.31. The largest absolute Gasteiger partial charge is 0.377 e. The van der Waals surface area contributed by atoms with Gasteiger partial charge < -0.3 is 15.4 Å². The van der Waals surface area contributed by atoms with Crippen molar-refractivity contribution < 1.29 is 4.74 Å². The number of hydrogen-bond acceptors (Lipinski definition) is 2. The summed E-state index contributed by atoms with van der Waals surface area (Å²) < 4.78 is 5.35. The van der Waals surface area contributed by atoms with Crippen molar-refractivity contribution in [1.29, 1.82) is 0 Å². The fraction of sp³-hybridized carbons (Fsp3) is 0.889. The molecule has 0 fully saturated rings. The van der Waals surface area contributed by atoms with E-state index in [2.05, 4.69) is 17.6 Å². The highest BCUT2D eigenvalue weighted by Gasteiger charge is 2.00. The second-order valence-electron chi connectivity index (χ2n) is 2.90. The summed E-state index contributed by atoms with van der Waals surface area (Å²) in [7, 11) is 0. The van der Waals surface area contributed by atoms with E-state index in [-0.39, 0.29) is 6.10 Å². The summed E-state index contributed by atoms with van der Waals surface area (Å²) in [5.74, 6) is 0. The van der Waals surface area contributed by atoms with Crippen molar-refractivity contribution in [1.82, 2.24) is 10.6 Å². The molecule has 0 amide bonds. The third-order valence-corrected chi connectivity index (χ3v) is 1.83. The van der Waals surface area contributed by atoms with Crippen LogP contribution in [0.2, 0.25) is 0 Å². The van der Waals surface area contributed by atoms with Crippen LogP contribution in [0.3, 0.4) is 0 Å². The van der Waals surface area contributed by atoms with Crippen molar-refractivity contribution in [2.45, 2.75) is 33.3 Å². The van der Waals surface area contributed by atoms with E-state index >= 15 is 0 Å². The number of ether oxygens (including phenoxy) is 1. The third-order valence-electron chi connectivity index (χ3n) is 1.54. The topological polar surface area (TPSA) is 33.3 Å². The molecule has 0 saturated carbocycles. The van der Waals surface area contributed by atoms with E-state index in [1.165, 1.54) is 0 Å². The first-order valence-corrected chi connectivity index (χ1v) is 5.24. The van der Waals surface area contributed by atoms with Gasteiger partial charge >= 0.3 is 0 Å². The number of thiocarbonyl (C=S) groups is 1. The predicted molar refractivity (Wildman–Crippen MR) is 60.0 cm³/mol. The predicted octanol–water partition coefficient (Wildman–Crippen LogP) is 1.29. The number of nitrogens with one attached hydrogen (secondary N) is 2. The third kappa shape index (κ3) is 7.99. The fourth-order valence-corrected chi connectivity index (χ4v) is 1.07. The summed E-state index contributed by atoms with van der Waals surface area (Å²) in [5.41, 5.74) is 0. The van der Waals surface area contributed by atoms with Gasteiger partial charge in [0.2, 0.25) is 0 Å². The minimum absolute atomic E-state index is 0.214. The molecule has 0 spiro atoms. The van der Waals surface area contributed by atoms with Crippen LogP contribution in [-0.2, 0) is 4.74 Å². The molecule has 78 valence electrons. The molecule has 0 radical (unpaired) electrons. The Morgan fingerprint density at radius 2 is 2.08 bits per heavy atom. The quantitative estimate of drug-likeness (QED) is 0.639. The maximum Gasteiger partial charge on any atom is 0.166 e. The first-order chi connectivity index (χ1) is 6.20. The van der Waals surface area contributed by atoms with Gasteiger partial charge in [-0.15, -0.1) is 0 Å². The highest BCUT2D eigenvalue weighted by atomic mass is 32.1. The Kier molecular flexibility index (Phi) is 8.04. The van der Waals surface area contributed by atoms with E-state index in [1.807, 2.05) is 13.8 Å². The summed E-state index contributed by atoms with van der Waals surface area (Å²) in [5, 5.41) is 6.91. The standard InChI is InChI=1S/C9H20N2OS/c1-4-6-10-9(13)11-7-8(3)12-5-2/h8H,4-7H2,1-3H3,(H2,10,11,13). The van der Waals surface area contributed by atoms with Crippen molar-refractivity contribution in [3.05, 3.63) is 0 Å². The lowest BCUT2D eigenvalue weighted by Gasteiger charge is -2.14. The van der Waals surface area contributed by atoms with Crippen molar-refractivity contribution in [3.8, 4) is 0 Å². The Labute approximate surface area is 86.2 Å². The van der Waals surface area contributed by atoms with Gasteiger partial charge in [-0.25, -0.2) is 0 Å². The van der Waals surface area contributed by atoms with Gasteiger partial charge in [-0.3, -0.25) is 0 Å². The average Bonchev–Trinajstić information content (AvgIpc) is 2.12. The molecule has 0 heterocycles. The Hall–Kier alpha value is -0.350. The van der Waals surface area contributed by atoms with Crippen molar-refractivity contribution in [2.75, 3.05) is 19.7 Å².